The van der Waals surface area contributed by atoms with E-state index in [0.717, 1.165) is 4.60 Å². The molecule has 0 radical (unpaired) electrons. The molecule has 5 heteroatoms. The van der Waals surface area contributed by atoms with Gasteiger partial charge in [0.1, 0.15) is 10.4 Å². The molecule has 0 saturated carbocycles. The molecule has 14 heavy (non-hydrogen) atoms. The Kier molecular flexibility index (Phi) is 4.39. The predicted molar refractivity (Wildman–Crippen MR) is 56.1 cm³/mol. The molecule has 1 amide bonds. The summed E-state index contributed by atoms with van der Waals surface area (Å²) in [6.45, 7) is 0.364. The van der Waals surface area contributed by atoms with E-state index in [0.29, 0.717) is 18.8 Å². The molecule has 0 aliphatic heterocycles. The fourth-order valence-corrected chi connectivity index (χ4v) is 1.07. The SMILES string of the molecule is CNC(=O)CCOc1ccc(Br)nc1. The molecule has 0 bridgehead atoms. The molecule has 0 atom stereocenters. The second-order valence-corrected chi connectivity index (χ2v) is 3.40. The Balaban J connectivity index is 2.31. The van der Waals surface area contributed by atoms with Crippen LogP contribution in [-0.2, 0) is 4.79 Å². The molecule has 0 aliphatic carbocycles. The first kappa shape index (κ1) is 11.0. The number of rotatable bonds is 4. The molecule has 0 unspecified atom stereocenters. The molecule has 0 aliphatic rings. The van der Waals surface area contributed by atoms with Crippen molar-refractivity contribution in [3.8, 4) is 5.75 Å². The van der Waals surface area contributed by atoms with E-state index in [1.807, 2.05) is 0 Å². The van der Waals surface area contributed by atoms with Crippen molar-refractivity contribution in [1.82, 2.24) is 10.3 Å². The molecule has 0 saturated heterocycles. The third-order valence-corrected chi connectivity index (χ3v) is 2.05. The first-order valence-electron chi connectivity index (χ1n) is 4.17. The highest BCUT2D eigenvalue weighted by atomic mass is 79.9. The molecule has 1 rings (SSSR count). The van der Waals surface area contributed by atoms with Crippen LogP contribution in [0, 0.1) is 0 Å². The minimum atomic E-state index is -0.0323. The van der Waals surface area contributed by atoms with Crippen molar-refractivity contribution >= 4 is 21.8 Å². The number of hydrogen-bond acceptors (Lipinski definition) is 3. The fraction of sp³-hybridized carbons (Fsp3) is 0.333. The lowest BCUT2D eigenvalue weighted by molar-refractivity contribution is -0.121. The number of carbonyl (C=O) groups is 1. The molecule has 1 aromatic rings. The zero-order chi connectivity index (χ0) is 10.4. The maximum absolute atomic E-state index is 10.8. The van der Waals surface area contributed by atoms with Crippen molar-refractivity contribution in [1.29, 1.82) is 0 Å². The first-order valence-corrected chi connectivity index (χ1v) is 4.96. The van der Waals surface area contributed by atoms with Gasteiger partial charge in [0.2, 0.25) is 5.91 Å². The largest absolute Gasteiger partial charge is 0.491 e. The van der Waals surface area contributed by atoms with Gasteiger partial charge in [0.15, 0.2) is 0 Å². The van der Waals surface area contributed by atoms with Gasteiger partial charge >= 0.3 is 0 Å². The molecule has 0 spiro atoms. The summed E-state index contributed by atoms with van der Waals surface area (Å²) in [5.41, 5.74) is 0. The lowest BCUT2D eigenvalue weighted by Crippen LogP contribution is -2.20. The topological polar surface area (TPSA) is 51.2 Å². The molecule has 1 heterocycles. The van der Waals surface area contributed by atoms with Crippen LogP contribution in [0.3, 0.4) is 0 Å². The molecule has 76 valence electrons. The highest BCUT2D eigenvalue weighted by molar-refractivity contribution is 9.10. The second-order valence-electron chi connectivity index (χ2n) is 2.59. The van der Waals surface area contributed by atoms with Crippen LogP contribution in [-0.4, -0.2) is 24.5 Å². The number of carbonyl (C=O) groups excluding carboxylic acids is 1. The third-order valence-electron chi connectivity index (χ3n) is 1.58. The van der Waals surface area contributed by atoms with Crippen LogP contribution in [0.1, 0.15) is 6.42 Å². The highest BCUT2D eigenvalue weighted by Crippen LogP contribution is 2.12. The van der Waals surface area contributed by atoms with Gasteiger partial charge in [0.25, 0.3) is 0 Å². The van der Waals surface area contributed by atoms with Gasteiger partial charge in [-0.2, -0.15) is 0 Å². The van der Waals surface area contributed by atoms with Crippen molar-refractivity contribution in [3.63, 3.8) is 0 Å². The van der Waals surface area contributed by atoms with E-state index in [9.17, 15) is 4.79 Å². The minimum absolute atomic E-state index is 0.0323. The summed E-state index contributed by atoms with van der Waals surface area (Å²) >= 11 is 3.22. The Morgan fingerprint density at radius 2 is 2.43 bits per heavy atom. The van der Waals surface area contributed by atoms with Gasteiger partial charge in [-0.05, 0) is 28.1 Å². The Bertz CT molecular complexity index is 300. The Labute approximate surface area is 90.8 Å². The maximum atomic E-state index is 10.8. The van der Waals surface area contributed by atoms with Crippen LogP contribution in [0.4, 0.5) is 0 Å². The molecular weight excluding hydrogens is 248 g/mol. The van der Waals surface area contributed by atoms with E-state index in [1.165, 1.54) is 0 Å². The average molecular weight is 259 g/mol. The standard InChI is InChI=1S/C9H11BrN2O2/c1-11-9(13)4-5-14-7-2-3-8(10)12-6-7/h2-3,6H,4-5H2,1H3,(H,11,13). The quantitative estimate of drug-likeness (QED) is 0.830. The third kappa shape index (κ3) is 3.74. The summed E-state index contributed by atoms with van der Waals surface area (Å²) < 4.78 is 6.05. The number of pyridine rings is 1. The van der Waals surface area contributed by atoms with E-state index >= 15 is 0 Å². The van der Waals surface area contributed by atoms with Gasteiger partial charge in [0, 0.05) is 7.05 Å². The number of halogens is 1. The van der Waals surface area contributed by atoms with Crippen LogP contribution in [0.2, 0.25) is 0 Å². The molecule has 1 aromatic heterocycles. The fourth-order valence-electron chi connectivity index (χ4n) is 0.834. The van der Waals surface area contributed by atoms with Gasteiger partial charge in [-0.25, -0.2) is 4.98 Å². The first-order chi connectivity index (χ1) is 6.72. The summed E-state index contributed by atoms with van der Waals surface area (Å²) in [5, 5.41) is 2.52. The summed E-state index contributed by atoms with van der Waals surface area (Å²) in [5.74, 6) is 0.632. The Morgan fingerprint density at radius 1 is 1.64 bits per heavy atom. The van der Waals surface area contributed by atoms with Crippen LogP contribution >= 0.6 is 15.9 Å². The number of aromatic nitrogens is 1. The zero-order valence-corrected chi connectivity index (χ0v) is 9.37. The van der Waals surface area contributed by atoms with E-state index < -0.39 is 0 Å². The lowest BCUT2D eigenvalue weighted by Gasteiger charge is -2.04. The van der Waals surface area contributed by atoms with Crippen molar-refractivity contribution < 1.29 is 9.53 Å². The average Bonchev–Trinajstić information content (AvgIpc) is 2.21. The summed E-state index contributed by atoms with van der Waals surface area (Å²) in [7, 11) is 1.60. The van der Waals surface area contributed by atoms with E-state index in [1.54, 1.807) is 25.4 Å². The number of amides is 1. The number of ether oxygens (including phenoxy) is 1. The minimum Gasteiger partial charge on any atom is -0.491 e. The predicted octanol–water partition coefficient (Wildman–Crippen LogP) is 1.36. The van der Waals surface area contributed by atoms with Crippen LogP contribution < -0.4 is 10.1 Å². The molecular formula is C9H11BrN2O2. The summed E-state index contributed by atoms with van der Waals surface area (Å²) in [6.07, 6.45) is 1.96. The van der Waals surface area contributed by atoms with Crippen molar-refractivity contribution in [2.75, 3.05) is 13.7 Å². The zero-order valence-electron chi connectivity index (χ0n) is 7.79. The molecule has 1 N–H and O–H groups in total. The van der Waals surface area contributed by atoms with Crippen molar-refractivity contribution in [2.45, 2.75) is 6.42 Å². The molecule has 0 aromatic carbocycles. The van der Waals surface area contributed by atoms with Crippen LogP contribution in [0.15, 0.2) is 22.9 Å². The van der Waals surface area contributed by atoms with E-state index in [2.05, 4.69) is 26.2 Å². The Hall–Kier alpha value is -1.10. The van der Waals surface area contributed by atoms with Gasteiger partial charge in [-0.1, -0.05) is 0 Å². The van der Waals surface area contributed by atoms with Crippen molar-refractivity contribution in [2.24, 2.45) is 0 Å². The lowest BCUT2D eigenvalue weighted by atomic mass is 10.4. The van der Waals surface area contributed by atoms with Crippen LogP contribution in [0.5, 0.6) is 5.75 Å². The summed E-state index contributed by atoms with van der Waals surface area (Å²) in [6, 6.07) is 3.58. The van der Waals surface area contributed by atoms with Gasteiger partial charge < -0.3 is 10.1 Å². The maximum Gasteiger partial charge on any atom is 0.223 e. The number of nitrogens with one attached hydrogen (secondary N) is 1. The van der Waals surface area contributed by atoms with Gasteiger partial charge in [-0.15, -0.1) is 0 Å². The normalized spacial score (nSPS) is 9.57. The number of nitrogens with zero attached hydrogens (tertiary/aromatic N) is 1. The van der Waals surface area contributed by atoms with Crippen LogP contribution in [0.25, 0.3) is 0 Å². The van der Waals surface area contributed by atoms with E-state index in [4.69, 9.17) is 4.74 Å². The monoisotopic (exact) mass is 258 g/mol. The molecule has 4 nitrogen and oxygen atoms in total. The highest BCUT2D eigenvalue weighted by Gasteiger charge is 1.98. The number of hydrogen-bond donors (Lipinski definition) is 1. The van der Waals surface area contributed by atoms with Gasteiger partial charge in [-0.3, -0.25) is 4.79 Å². The van der Waals surface area contributed by atoms with Gasteiger partial charge in [0.05, 0.1) is 19.2 Å². The Morgan fingerprint density at radius 3 is 3.00 bits per heavy atom. The van der Waals surface area contributed by atoms with Crippen molar-refractivity contribution in [3.05, 3.63) is 22.9 Å². The summed E-state index contributed by atoms with van der Waals surface area (Å²) in [4.78, 5) is 14.8. The smallest absolute Gasteiger partial charge is 0.223 e. The van der Waals surface area contributed by atoms with E-state index in [-0.39, 0.29) is 5.91 Å². The molecule has 0 fully saturated rings. The second kappa shape index (κ2) is 5.59.